The second-order valence-corrected chi connectivity index (χ2v) is 9.15. The van der Waals surface area contributed by atoms with E-state index in [1.165, 1.54) is 16.0 Å². The Bertz CT molecular complexity index is 1680. The van der Waals surface area contributed by atoms with Crippen LogP contribution in [0.1, 0.15) is 31.4 Å². The molecule has 0 saturated carbocycles. The molecule has 1 unspecified atom stereocenters. The van der Waals surface area contributed by atoms with Crippen molar-refractivity contribution in [1.29, 1.82) is 15.8 Å². The summed E-state index contributed by atoms with van der Waals surface area (Å²) >= 11 is 0. The third kappa shape index (κ3) is 6.57. The van der Waals surface area contributed by atoms with E-state index in [4.69, 9.17) is 10.00 Å². The zero-order chi connectivity index (χ0) is 30.1. The van der Waals surface area contributed by atoms with Crippen LogP contribution in [0.15, 0.2) is 108 Å². The first-order valence-corrected chi connectivity index (χ1v) is 12.5. The van der Waals surface area contributed by atoms with Crippen LogP contribution in [0.4, 0.5) is 10.5 Å². The number of nitrogens with zero attached hydrogens (tertiary/aromatic N) is 6. The number of allylic oxidation sites excluding steroid dienone is 6. The number of hydrogen-bond donors (Lipinski definition) is 0. The predicted octanol–water partition coefficient (Wildman–Crippen LogP) is 6.19. The molecule has 0 aromatic heterocycles. The minimum atomic E-state index is -0.604. The van der Waals surface area contributed by atoms with Crippen LogP contribution >= 0.6 is 0 Å². The molecule has 0 N–H and O–H groups in total. The Morgan fingerprint density at radius 1 is 1.15 bits per heavy atom. The van der Waals surface area contributed by atoms with E-state index >= 15 is 0 Å². The number of rotatable bonds is 7. The molecule has 2 aliphatic carbocycles. The summed E-state index contributed by atoms with van der Waals surface area (Å²) in [5, 5.41) is 28.2. The lowest BCUT2D eigenvalue weighted by molar-refractivity contribution is 0.214. The number of nitriles is 3. The van der Waals surface area contributed by atoms with Gasteiger partial charge in [0.25, 0.3) is 6.26 Å². The van der Waals surface area contributed by atoms with E-state index in [9.17, 15) is 15.3 Å². The molecular weight excluding hydrogens is 512 g/mol. The molecule has 2 amide bonds. The van der Waals surface area contributed by atoms with Crippen molar-refractivity contribution in [1.82, 2.24) is 9.80 Å². The Kier molecular flexibility index (Phi) is 9.57. The fourth-order valence-electron chi connectivity index (χ4n) is 4.02. The number of urea groups is 1. The van der Waals surface area contributed by atoms with Crippen molar-refractivity contribution >= 4 is 11.7 Å². The summed E-state index contributed by atoms with van der Waals surface area (Å²) in [6, 6.07) is 8.35. The number of amides is 2. The molecule has 0 aliphatic heterocycles. The third-order valence-electron chi connectivity index (χ3n) is 6.52. The lowest BCUT2D eigenvalue weighted by Crippen LogP contribution is -2.47. The number of anilines is 1. The van der Waals surface area contributed by atoms with Gasteiger partial charge in [0.1, 0.15) is 17.6 Å². The van der Waals surface area contributed by atoms with Crippen LogP contribution in [0.2, 0.25) is 0 Å². The molecule has 0 saturated heterocycles. The van der Waals surface area contributed by atoms with Gasteiger partial charge in [0.05, 0.1) is 29.1 Å². The number of carbonyl (C=O) groups excluding carboxylic acids is 1. The average molecular weight is 541 g/mol. The number of aryl methyl sites for hydroxylation is 1. The van der Waals surface area contributed by atoms with Gasteiger partial charge in [0.15, 0.2) is 0 Å². The van der Waals surface area contributed by atoms with E-state index < -0.39 is 12.1 Å². The SMILES string of the molecule is C=CN(C(=C)N(C(=O)N(C)C1C#CC/C(C#N)=C(/C)C=C1)c1ccc(C)c(C#N)c1)C1=CC(OC#N)=C(C)C=C=C1. The molecule has 3 rings (SSSR count). The van der Waals surface area contributed by atoms with Crippen molar-refractivity contribution in [2.45, 2.75) is 33.2 Å². The number of likely N-dealkylation sites (N-methyl/N-ethyl adjacent to an activating group) is 1. The topological polar surface area (TPSA) is 107 Å². The van der Waals surface area contributed by atoms with Gasteiger partial charge in [0.2, 0.25) is 0 Å². The van der Waals surface area contributed by atoms with Crippen LogP contribution in [-0.4, -0.2) is 28.9 Å². The maximum Gasteiger partial charge on any atom is 0.331 e. The van der Waals surface area contributed by atoms with Gasteiger partial charge in [-0.3, -0.25) is 0 Å². The van der Waals surface area contributed by atoms with Gasteiger partial charge in [-0.15, -0.1) is 11.0 Å². The molecular formula is C33H28N6O2. The maximum absolute atomic E-state index is 14.2. The largest absolute Gasteiger partial charge is 0.388 e. The molecule has 0 spiro atoms. The van der Waals surface area contributed by atoms with Crippen LogP contribution < -0.4 is 4.90 Å². The van der Waals surface area contributed by atoms with E-state index in [2.05, 4.69) is 42.9 Å². The van der Waals surface area contributed by atoms with Gasteiger partial charge >= 0.3 is 6.03 Å². The Labute approximate surface area is 240 Å². The molecule has 1 atom stereocenters. The van der Waals surface area contributed by atoms with Gasteiger partial charge in [-0.2, -0.15) is 10.5 Å². The second-order valence-electron chi connectivity index (χ2n) is 9.15. The number of benzene rings is 1. The molecule has 8 nitrogen and oxygen atoms in total. The smallest absolute Gasteiger partial charge is 0.331 e. The standard InChI is InChI=1S/C33H28N6O2/c1-7-38(30-13-8-10-25(4)32(19-30)41-22-36)26(5)39(31-17-15-24(3)28(18-31)21-35)33(40)37(6)29-12-9-11-27(20-34)23(2)14-16-29/h7,10,13-19,29H,1,5,11H2,2-4,6H3/b16-14?,27-23+. The highest BCUT2D eigenvalue weighted by atomic mass is 16.5. The average Bonchev–Trinajstić information content (AvgIpc) is 3.13. The summed E-state index contributed by atoms with van der Waals surface area (Å²) in [4.78, 5) is 18.6. The van der Waals surface area contributed by atoms with Crippen LogP contribution in [0.25, 0.3) is 0 Å². The first kappa shape index (κ1) is 29.6. The van der Waals surface area contributed by atoms with Gasteiger partial charge in [-0.05, 0) is 56.2 Å². The quantitative estimate of drug-likeness (QED) is 0.232. The van der Waals surface area contributed by atoms with Crippen LogP contribution in [0.5, 0.6) is 0 Å². The molecule has 0 bridgehead atoms. The van der Waals surface area contributed by atoms with Crippen LogP contribution in [-0.2, 0) is 4.74 Å². The number of hydrogen-bond acceptors (Lipinski definition) is 6. The highest BCUT2D eigenvalue weighted by molar-refractivity contribution is 5.95. The van der Waals surface area contributed by atoms with Crippen molar-refractivity contribution in [3.8, 4) is 30.2 Å². The Morgan fingerprint density at radius 2 is 1.90 bits per heavy atom. The Balaban J connectivity index is 2.12. The first-order valence-electron chi connectivity index (χ1n) is 12.5. The Morgan fingerprint density at radius 3 is 2.56 bits per heavy atom. The van der Waals surface area contributed by atoms with Crippen LogP contribution in [0.3, 0.4) is 0 Å². The van der Waals surface area contributed by atoms with Crippen LogP contribution in [0, 0.1) is 52.9 Å². The molecule has 8 heteroatoms. The number of carbonyl (C=O) groups is 1. The summed E-state index contributed by atoms with van der Waals surface area (Å²) in [6.07, 6.45) is 11.9. The molecule has 1 aromatic rings. The summed E-state index contributed by atoms with van der Waals surface area (Å²) in [6.45, 7) is 13.6. The molecule has 0 radical (unpaired) electrons. The fourth-order valence-corrected chi connectivity index (χ4v) is 4.02. The monoisotopic (exact) mass is 540 g/mol. The highest BCUT2D eigenvalue weighted by Crippen LogP contribution is 2.29. The van der Waals surface area contributed by atoms with E-state index in [1.54, 1.807) is 73.7 Å². The summed E-state index contributed by atoms with van der Waals surface area (Å²) in [7, 11) is 1.62. The van der Waals surface area contributed by atoms with Crippen molar-refractivity contribution in [3.63, 3.8) is 0 Å². The van der Waals surface area contributed by atoms with E-state index in [1.807, 2.05) is 13.8 Å². The normalized spacial score (nSPS) is 17.2. The van der Waals surface area contributed by atoms with Crippen molar-refractivity contribution in [2.24, 2.45) is 0 Å². The summed E-state index contributed by atoms with van der Waals surface area (Å²) < 4.78 is 5.14. The predicted molar refractivity (Wildman–Crippen MR) is 156 cm³/mol. The minimum Gasteiger partial charge on any atom is -0.388 e. The molecule has 41 heavy (non-hydrogen) atoms. The van der Waals surface area contributed by atoms with Gasteiger partial charge in [-0.25, -0.2) is 9.69 Å². The lowest BCUT2D eigenvalue weighted by Gasteiger charge is -2.36. The minimum absolute atomic E-state index is 0.190. The van der Waals surface area contributed by atoms with Crippen molar-refractivity contribution in [2.75, 3.05) is 11.9 Å². The highest BCUT2D eigenvalue weighted by Gasteiger charge is 2.29. The molecule has 0 heterocycles. The lowest BCUT2D eigenvalue weighted by atomic mass is 10.0. The third-order valence-corrected chi connectivity index (χ3v) is 6.52. The van der Waals surface area contributed by atoms with Crippen molar-refractivity contribution in [3.05, 3.63) is 119 Å². The van der Waals surface area contributed by atoms with Gasteiger partial charge in [-0.1, -0.05) is 37.1 Å². The summed E-state index contributed by atoms with van der Waals surface area (Å²) in [5.41, 5.74) is 7.10. The maximum atomic E-state index is 14.2. The number of ether oxygens (including phenoxy) is 1. The Hall–Kier alpha value is -5.92. The van der Waals surface area contributed by atoms with E-state index in [-0.39, 0.29) is 12.2 Å². The van der Waals surface area contributed by atoms with Gasteiger partial charge < -0.3 is 14.5 Å². The zero-order valence-electron chi connectivity index (χ0n) is 23.4. The first-order chi connectivity index (χ1) is 19.7. The zero-order valence-corrected chi connectivity index (χ0v) is 23.4. The molecule has 2 aliphatic rings. The molecule has 1 aromatic carbocycles. The fraction of sp³-hybridized carbons (Fsp3) is 0.182. The van der Waals surface area contributed by atoms with E-state index in [0.29, 0.717) is 33.9 Å². The van der Waals surface area contributed by atoms with E-state index in [0.717, 1.165) is 11.1 Å². The molecule has 0 fully saturated rings. The second kappa shape index (κ2) is 13.2. The molecule has 202 valence electrons. The van der Waals surface area contributed by atoms with Gasteiger partial charge in [0, 0.05) is 43.0 Å². The summed E-state index contributed by atoms with van der Waals surface area (Å²) in [5.74, 6) is 6.55. The van der Waals surface area contributed by atoms with Crippen molar-refractivity contribution < 1.29 is 9.53 Å².